The Bertz CT molecular complexity index is 6400. The number of aryl methyl sites for hydroxylation is 4. The van der Waals surface area contributed by atoms with Crippen LogP contribution in [-0.2, 0) is 30.4 Å². The van der Waals surface area contributed by atoms with Crippen LogP contribution >= 0.6 is 11.6 Å². The van der Waals surface area contributed by atoms with Crippen LogP contribution in [0.4, 0.5) is 74.7 Å². The third kappa shape index (κ3) is 17.6. The Balaban J connectivity index is 0.000000113. The van der Waals surface area contributed by atoms with Gasteiger partial charge in [-0.15, -0.1) is 0 Å². The average Bonchev–Trinajstić information content (AvgIpc) is 1.62. The standard InChI is InChI=1S/C29H33FN8O2.2C24H25FN8.C15H12ClFN4/c1-18-5-8-25-35-26-21(30)15-19(16-23(26)38(18)25)22-9-10-31-27(33-22)34-24-7-6-20(17-32-24)36-11-13-37(14-12-36)28(39)40-29(2,3)4;2*1-15-2-5-22-31-23-18(25)12-16(13-20(23)33(15)22)19-6-7-27-24(29-19)30-21-4-3-17(14-28-21)32-10-8-26-9-11-32;1-8-2-3-13-20-14-10(17)6-9(7-12(14)21(8)13)11-4-5-18-15(16)19-11/h6-7,9-10,15-18H,5,8,11-14H2,1-4H3,(H,31,32,33,34);2*3-4,6-7,12-15,26H,2,5,8-11H2,1H3,(H,27,28,29,30);4-8H,2-3H2,1H3. The van der Waals surface area contributed by atoms with Crippen molar-refractivity contribution in [3.8, 4) is 45.0 Å². The van der Waals surface area contributed by atoms with Gasteiger partial charge in [0.1, 0.15) is 68.4 Å². The summed E-state index contributed by atoms with van der Waals surface area (Å²) < 4.78 is 73.2. The van der Waals surface area contributed by atoms with Crippen LogP contribution in [0.1, 0.15) is 122 Å². The number of halogens is 5. The number of aromatic nitrogens is 19. The highest BCUT2D eigenvalue weighted by molar-refractivity contribution is 6.28. The second kappa shape index (κ2) is 35.2. The number of rotatable bonds is 13. The van der Waals surface area contributed by atoms with Crippen LogP contribution < -0.4 is 41.3 Å². The molecule has 11 aromatic heterocycles. The third-order valence-corrected chi connectivity index (χ3v) is 24.4. The van der Waals surface area contributed by atoms with Crippen molar-refractivity contribution >= 4 is 114 Å². The summed E-state index contributed by atoms with van der Waals surface area (Å²) in [6.45, 7) is 24.5. The summed E-state index contributed by atoms with van der Waals surface area (Å²) in [7, 11) is 0. The summed E-state index contributed by atoms with van der Waals surface area (Å²) in [5.74, 6) is 5.60. The van der Waals surface area contributed by atoms with Crippen LogP contribution in [-0.4, -0.2) is 188 Å². The van der Waals surface area contributed by atoms with Gasteiger partial charge < -0.3 is 69.2 Å². The van der Waals surface area contributed by atoms with E-state index < -0.39 is 5.60 Å². The molecule has 4 atom stereocenters. The quantitative estimate of drug-likeness (QED) is 0.0529. The minimum atomic E-state index is -0.507. The van der Waals surface area contributed by atoms with Crippen LogP contribution in [0.2, 0.25) is 5.28 Å². The number of carbonyl (C=O) groups is 1. The lowest BCUT2D eigenvalue weighted by atomic mass is 10.1. The van der Waals surface area contributed by atoms with E-state index in [1.807, 2.05) is 81.7 Å². The van der Waals surface area contributed by atoms with E-state index in [2.05, 4.69) is 174 Å². The predicted octanol–water partition coefficient (Wildman–Crippen LogP) is 16.5. The molecule has 127 heavy (non-hydrogen) atoms. The Labute approximate surface area is 734 Å². The molecule has 0 aliphatic carbocycles. The van der Waals surface area contributed by atoms with Crippen molar-refractivity contribution in [1.82, 2.24) is 109 Å². The molecule has 0 bridgehead atoms. The van der Waals surface area contributed by atoms with Gasteiger partial charge in [0.05, 0.1) is 80.5 Å². The Hall–Kier alpha value is -13.5. The van der Waals surface area contributed by atoms with E-state index in [9.17, 15) is 18.0 Å². The maximum Gasteiger partial charge on any atom is 0.410 e. The summed E-state index contributed by atoms with van der Waals surface area (Å²) in [5, 5.41) is 16.3. The van der Waals surface area contributed by atoms with Crippen molar-refractivity contribution in [2.24, 2.45) is 0 Å². The number of fused-ring (bicyclic) bond motifs is 12. The minimum absolute atomic E-state index is 0.153. The summed E-state index contributed by atoms with van der Waals surface area (Å²) in [6, 6.07) is 33.9. The summed E-state index contributed by atoms with van der Waals surface area (Å²) in [6.07, 6.45) is 19.4. The van der Waals surface area contributed by atoms with E-state index in [1.165, 1.54) is 24.3 Å². The molecule has 650 valence electrons. The van der Waals surface area contributed by atoms with Gasteiger partial charge in [0.25, 0.3) is 0 Å². The molecule has 15 aromatic rings. The van der Waals surface area contributed by atoms with Crippen molar-refractivity contribution in [2.45, 2.75) is 130 Å². The predicted molar refractivity (Wildman–Crippen MR) is 483 cm³/mol. The van der Waals surface area contributed by atoms with E-state index in [4.69, 9.17) is 16.3 Å². The molecule has 35 heteroatoms. The fourth-order valence-electron chi connectivity index (χ4n) is 17.8. The van der Waals surface area contributed by atoms with E-state index in [-0.39, 0.29) is 34.6 Å². The van der Waals surface area contributed by atoms with Crippen LogP contribution in [0, 0.1) is 23.3 Å². The molecule has 7 aliphatic heterocycles. The number of hydrogen-bond acceptors (Lipinski definition) is 25. The zero-order valence-electron chi connectivity index (χ0n) is 71.4. The summed E-state index contributed by atoms with van der Waals surface area (Å²) >= 11 is 5.82. The lowest BCUT2D eigenvalue weighted by molar-refractivity contribution is 0.0240. The largest absolute Gasteiger partial charge is 0.444 e. The van der Waals surface area contributed by atoms with E-state index in [1.54, 1.807) is 60.1 Å². The Kier molecular flexibility index (Phi) is 23.0. The zero-order chi connectivity index (χ0) is 87.3. The molecule has 3 saturated heterocycles. The van der Waals surface area contributed by atoms with Crippen molar-refractivity contribution in [3.63, 3.8) is 0 Å². The highest BCUT2D eigenvalue weighted by atomic mass is 35.5. The first-order valence-electron chi connectivity index (χ1n) is 43.2. The van der Waals surface area contributed by atoms with Crippen molar-refractivity contribution in [2.75, 3.05) is 109 Å². The number of anilines is 9. The molecule has 7 aliphatic rings. The number of benzene rings is 4. The fraction of sp³-hybridized carbons (Fsp3) is 0.348. The second-order valence-electron chi connectivity index (χ2n) is 34.0. The molecule has 5 N–H and O–H groups in total. The van der Waals surface area contributed by atoms with Crippen molar-refractivity contribution in [3.05, 3.63) is 204 Å². The first kappa shape index (κ1) is 83.1. The molecule has 4 unspecified atom stereocenters. The maximum absolute atomic E-state index is 15.0. The highest BCUT2D eigenvalue weighted by Crippen LogP contribution is 2.40. The van der Waals surface area contributed by atoms with Gasteiger partial charge in [-0.25, -0.2) is 97.1 Å². The number of nitrogens with zero attached hydrogens (tertiary/aromatic N) is 23. The third-order valence-electron chi connectivity index (χ3n) is 24.2. The SMILES string of the molecule is CC1CCc2nc3c(F)cc(-c4ccnc(Cl)n4)cc3n21.CC1CCc2nc3c(F)cc(-c4ccnc(Nc5ccc(N6CCN(C(=O)OC(C)(C)C)CC6)cn5)n4)cc3n21.CC1CCc2nc3c(F)cc(-c4ccnc(Nc5ccc(N6CCNCC6)cn5)n4)cc3n21.CC1CCc2nc3c(F)cc(-c4ccnc(Nc5ccc(N6CCNCC6)cn5)n4)cc3n21. The number of ether oxygens (including phenoxy) is 1. The Morgan fingerprint density at radius 2 is 0.685 bits per heavy atom. The molecule has 0 radical (unpaired) electrons. The first-order chi connectivity index (χ1) is 61.6. The van der Waals surface area contributed by atoms with Gasteiger partial charge in [-0.05, 0) is 195 Å². The van der Waals surface area contributed by atoms with Gasteiger partial charge >= 0.3 is 6.09 Å². The number of piperazine rings is 3. The number of carbonyl (C=O) groups excluding carboxylic acids is 1. The molecule has 22 rings (SSSR count). The van der Waals surface area contributed by atoms with Gasteiger partial charge in [-0.2, -0.15) is 0 Å². The normalized spacial score (nSPS) is 17.7. The fourth-order valence-corrected chi connectivity index (χ4v) is 17.9. The Morgan fingerprint density at radius 1 is 0.386 bits per heavy atom. The van der Waals surface area contributed by atoms with Crippen LogP contribution in [0.15, 0.2) is 153 Å². The van der Waals surface area contributed by atoms with Gasteiger partial charge in [0.15, 0.2) is 23.3 Å². The maximum atomic E-state index is 15.0. The van der Waals surface area contributed by atoms with E-state index in [0.29, 0.717) is 153 Å². The Morgan fingerprint density at radius 3 is 0.976 bits per heavy atom. The number of pyridine rings is 3. The van der Waals surface area contributed by atoms with Gasteiger partial charge in [-0.1, -0.05) is 0 Å². The van der Waals surface area contributed by atoms with Crippen LogP contribution in [0.3, 0.4) is 0 Å². The molecule has 0 saturated carbocycles. The molecular formula is C92H95ClF4N28O2. The smallest absolute Gasteiger partial charge is 0.410 e. The molecule has 3 fully saturated rings. The number of nitrogens with one attached hydrogen (secondary N) is 5. The number of amides is 1. The topological polar surface area (TPSA) is 312 Å². The lowest BCUT2D eigenvalue weighted by Gasteiger charge is -2.36. The van der Waals surface area contributed by atoms with E-state index >= 15 is 4.39 Å². The highest BCUT2D eigenvalue weighted by Gasteiger charge is 2.32. The minimum Gasteiger partial charge on any atom is -0.444 e. The van der Waals surface area contributed by atoms with Crippen LogP contribution in [0.5, 0.6) is 0 Å². The zero-order valence-corrected chi connectivity index (χ0v) is 72.1. The number of hydrogen-bond donors (Lipinski definition) is 5. The van der Waals surface area contributed by atoms with Crippen molar-refractivity contribution in [1.29, 1.82) is 0 Å². The molecule has 1 amide bonds. The van der Waals surface area contributed by atoms with Crippen molar-refractivity contribution < 1.29 is 27.1 Å². The molecule has 4 aromatic carbocycles. The number of imidazole rings is 4. The summed E-state index contributed by atoms with van der Waals surface area (Å²) in [5.41, 5.74) is 12.9. The molecule has 0 spiro atoms. The first-order valence-corrected chi connectivity index (χ1v) is 43.6. The van der Waals surface area contributed by atoms with Gasteiger partial charge in [0, 0.05) is 175 Å². The second-order valence-corrected chi connectivity index (χ2v) is 34.3. The lowest BCUT2D eigenvalue weighted by Crippen LogP contribution is -2.50. The average molecular weight is 1740 g/mol. The molecule has 30 nitrogen and oxygen atoms in total. The van der Waals surface area contributed by atoms with E-state index in [0.717, 1.165) is 166 Å². The molecular weight excluding hydrogens is 1640 g/mol. The molecule has 18 heterocycles. The van der Waals surface area contributed by atoms with Crippen LogP contribution in [0.25, 0.3) is 89.2 Å². The van der Waals surface area contributed by atoms with Gasteiger partial charge in [-0.3, -0.25) is 0 Å². The monoisotopic (exact) mass is 1730 g/mol. The summed E-state index contributed by atoms with van der Waals surface area (Å²) in [4.78, 5) is 87.3. The van der Waals surface area contributed by atoms with Gasteiger partial charge in [0.2, 0.25) is 23.1 Å².